The number of carbonyl (C=O) groups excluding carboxylic acids is 2. The van der Waals surface area contributed by atoms with Crippen LogP contribution in [0.25, 0.3) is 11.6 Å². The maximum absolute atomic E-state index is 13.0. The van der Waals surface area contributed by atoms with Gasteiger partial charge >= 0.3 is 5.97 Å². The van der Waals surface area contributed by atoms with E-state index in [-0.39, 0.29) is 16.9 Å². The summed E-state index contributed by atoms with van der Waals surface area (Å²) in [5, 5.41) is 10.3. The minimum atomic E-state index is -0.489. The van der Waals surface area contributed by atoms with E-state index in [2.05, 4.69) is 4.74 Å². The maximum Gasteiger partial charge on any atom is 0.338 e. The third-order valence-corrected chi connectivity index (χ3v) is 4.06. The third kappa shape index (κ3) is 2.61. The first kappa shape index (κ1) is 16.6. The summed E-state index contributed by atoms with van der Waals surface area (Å²) in [5.74, 6) is -0.465. The first-order valence-corrected chi connectivity index (χ1v) is 7.45. The van der Waals surface area contributed by atoms with Crippen molar-refractivity contribution in [3.05, 3.63) is 52.6 Å². The van der Waals surface area contributed by atoms with Gasteiger partial charge in [-0.05, 0) is 41.5 Å². The molecule has 6 heteroatoms. The molecule has 2 aromatic carbocycles. The van der Waals surface area contributed by atoms with Crippen LogP contribution in [-0.2, 0) is 9.53 Å². The summed E-state index contributed by atoms with van der Waals surface area (Å²) in [6.07, 6.45) is 1.61. The van der Waals surface area contributed by atoms with Crippen molar-refractivity contribution in [1.82, 2.24) is 0 Å². The lowest BCUT2D eigenvalue weighted by molar-refractivity contribution is -0.133. The summed E-state index contributed by atoms with van der Waals surface area (Å²) in [5.41, 5.74) is 1.91. The molecule has 1 aliphatic rings. The summed E-state index contributed by atoms with van der Waals surface area (Å²) in [4.78, 5) is 24.6. The lowest BCUT2D eigenvalue weighted by Crippen LogP contribution is -2.13. The van der Waals surface area contributed by atoms with E-state index >= 15 is 0 Å². The average molecular weight is 340 g/mol. The fourth-order valence-electron chi connectivity index (χ4n) is 2.78. The molecule has 0 saturated carbocycles. The molecular weight excluding hydrogens is 324 g/mol. The molecular formula is C19H16O6. The lowest BCUT2D eigenvalue weighted by atomic mass is 9.85. The summed E-state index contributed by atoms with van der Waals surface area (Å²) in [6.45, 7) is 0. The van der Waals surface area contributed by atoms with Gasteiger partial charge in [0.15, 0.2) is 0 Å². The molecule has 0 amide bonds. The highest BCUT2D eigenvalue weighted by atomic mass is 16.5. The molecule has 0 fully saturated rings. The van der Waals surface area contributed by atoms with Crippen LogP contribution in [0.1, 0.15) is 27.0 Å². The van der Waals surface area contributed by atoms with Crippen molar-refractivity contribution in [2.24, 2.45) is 0 Å². The van der Waals surface area contributed by atoms with Gasteiger partial charge in [-0.1, -0.05) is 6.07 Å². The average Bonchev–Trinajstić information content (AvgIpc) is 2.62. The highest BCUT2D eigenvalue weighted by molar-refractivity contribution is 6.28. The number of phenolic OH excluding ortho intramolecular Hbond substituents is 1. The number of hydrogen-bond acceptors (Lipinski definition) is 6. The number of phenols is 1. The molecule has 3 rings (SSSR count). The van der Waals surface area contributed by atoms with Gasteiger partial charge in [0, 0.05) is 0 Å². The monoisotopic (exact) mass is 340 g/mol. The Balaban J connectivity index is 2.06. The Labute approximate surface area is 144 Å². The van der Waals surface area contributed by atoms with Gasteiger partial charge in [0.2, 0.25) is 5.78 Å². The Bertz CT molecular complexity index is 888. The largest absolute Gasteiger partial charge is 0.507 e. The van der Waals surface area contributed by atoms with Crippen LogP contribution in [0.15, 0.2) is 30.3 Å². The highest BCUT2D eigenvalue weighted by Gasteiger charge is 2.28. The van der Waals surface area contributed by atoms with E-state index in [4.69, 9.17) is 9.47 Å². The van der Waals surface area contributed by atoms with Crippen molar-refractivity contribution >= 4 is 23.4 Å². The third-order valence-electron chi connectivity index (χ3n) is 4.06. The molecule has 0 radical (unpaired) electrons. The summed E-state index contributed by atoms with van der Waals surface area (Å²) in [7, 11) is 4.19. The van der Waals surface area contributed by atoms with E-state index in [1.165, 1.54) is 33.5 Å². The fourth-order valence-corrected chi connectivity index (χ4v) is 2.78. The smallest absolute Gasteiger partial charge is 0.338 e. The number of fused-ring (bicyclic) bond motifs is 1. The maximum atomic E-state index is 13.0. The Kier molecular flexibility index (Phi) is 4.19. The number of ketones is 1. The first-order valence-electron chi connectivity index (χ1n) is 7.45. The second-order valence-corrected chi connectivity index (χ2v) is 5.37. The Morgan fingerprint density at radius 2 is 1.64 bits per heavy atom. The van der Waals surface area contributed by atoms with Crippen LogP contribution < -0.4 is 9.47 Å². The van der Waals surface area contributed by atoms with E-state index in [0.29, 0.717) is 28.2 Å². The number of esters is 1. The van der Waals surface area contributed by atoms with Gasteiger partial charge in [-0.3, -0.25) is 4.79 Å². The quantitative estimate of drug-likeness (QED) is 0.666. The first-order chi connectivity index (χ1) is 12.0. The van der Waals surface area contributed by atoms with Gasteiger partial charge in [-0.2, -0.15) is 0 Å². The number of aromatic hydroxyl groups is 1. The van der Waals surface area contributed by atoms with Crippen molar-refractivity contribution in [3.63, 3.8) is 0 Å². The minimum absolute atomic E-state index is 0.0988. The molecule has 0 aromatic heterocycles. The molecule has 0 aliphatic heterocycles. The molecule has 0 bridgehead atoms. The van der Waals surface area contributed by atoms with Crippen LogP contribution in [0.5, 0.6) is 17.2 Å². The molecule has 1 aliphatic carbocycles. The minimum Gasteiger partial charge on any atom is -0.507 e. The van der Waals surface area contributed by atoms with Gasteiger partial charge in [0.05, 0.1) is 32.5 Å². The van der Waals surface area contributed by atoms with Crippen LogP contribution >= 0.6 is 0 Å². The summed E-state index contributed by atoms with van der Waals surface area (Å²) >= 11 is 0. The molecule has 6 nitrogen and oxygen atoms in total. The van der Waals surface area contributed by atoms with Gasteiger partial charge in [0.1, 0.15) is 22.8 Å². The van der Waals surface area contributed by atoms with Crippen molar-refractivity contribution < 1.29 is 28.9 Å². The molecule has 128 valence electrons. The molecule has 25 heavy (non-hydrogen) atoms. The van der Waals surface area contributed by atoms with Gasteiger partial charge in [0.25, 0.3) is 0 Å². The van der Waals surface area contributed by atoms with E-state index in [9.17, 15) is 14.7 Å². The van der Waals surface area contributed by atoms with E-state index in [1.807, 2.05) is 0 Å². The van der Waals surface area contributed by atoms with E-state index < -0.39 is 11.8 Å². The zero-order valence-electron chi connectivity index (χ0n) is 14.0. The zero-order chi connectivity index (χ0) is 18.1. The SMILES string of the molecule is COC(=O)C1=Cc2cc(C(=O)c3c(OC)cccc3OC)c(O)cc21. The molecule has 0 unspecified atom stereocenters. The molecule has 0 heterocycles. The van der Waals surface area contributed by atoms with Crippen molar-refractivity contribution in [1.29, 1.82) is 0 Å². The van der Waals surface area contributed by atoms with Crippen LogP contribution in [0.3, 0.4) is 0 Å². The number of hydrogen-bond donors (Lipinski definition) is 1. The fraction of sp³-hybridized carbons (Fsp3) is 0.158. The van der Waals surface area contributed by atoms with Crippen LogP contribution in [0.4, 0.5) is 0 Å². The molecule has 2 aromatic rings. The van der Waals surface area contributed by atoms with Crippen LogP contribution in [-0.4, -0.2) is 38.2 Å². The predicted molar refractivity (Wildman–Crippen MR) is 91.0 cm³/mol. The molecule has 0 atom stereocenters. The van der Waals surface area contributed by atoms with E-state index in [0.717, 1.165) is 0 Å². The van der Waals surface area contributed by atoms with Crippen molar-refractivity contribution in [3.8, 4) is 17.2 Å². The number of methoxy groups -OCH3 is 3. The predicted octanol–water partition coefficient (Wildman–Crippen LogP) is 2.67. The van der Waals surface area contributed by atoms with Gasteiger partial charge in [-0.25, -0.2) is 4.79 Å². The Hall–Kier alpha value is -3.28. The van der Waals surface area contributed by atoms with Crippen molar-refractivity contribution in [2.45, 2.75) is 0 Å². The second-order valence-electron chi connectivity index (χ2n) is 5.37. The Morgan fingerprint density at radius 3 is 2.20 bits per heavy atom. The topological polar surface area (TPSA) is 82.1 Å². The molecule has 0 saturated heterocycles. The number of benzene rings is 2. The van der Waals surface area contributed by atoms with Crippen molar-refractivity contribution in [2.75, 3.05) is 21.3 Å². The molecule has 1 N–H and O–H groups in total. The highest BCUT2D eigenvalue weighted by Crippen LogP contribution is 2.40. The lowest BCUT2D eigenvalue weighted by Gasteiger charge is -2.20. The molecule has 0 spiro atoms. The van der Waals surface area contributed by atoms with E-state index in [1.54, 1.807) is 24.3 Å². The summed E-state index contributed by atoms with van der Waals surface area (Å²) in [6, 6.07) is 7.91. The Morgan fingerprint density at radius 1 is 1.00 bits per heavy atom. The number of ether oxygens (including phenoxy) is 3. The summed E-state index contributed by atoms with van der Waals surface area (Å²) < 4.78 is 15.2. The zero-order valence-corrected chi connectivity index (χ0v) is 14.0. The standard InChI is InChI=1S/C19H16O6/c1-23-15-5-4-6-16(24-2)17(15)18(21)13-8-10-7-12(19(22)25-3)11(10)9-14(13)20/h4-9,20H,1-3H3. The van der Waals surface area contributed by atoms with Gasteiger partial charge < -0.3 is 19.3 Å². The number of carbonyl (C=O) groups is 2. The van der Waals surface area contributed by atoms with Crippen LogP contribution in [0.2, 0.25) is 0 Å². The normalized spacial score (nSPS) is 11.7. The second kappa shape index (κ2) is 6.32. The van der Waals surface area contributed by atoms with Gasteiger partial charge in [-0.15, -0.1) is 0 Å². The number of rotatable bonds is 5. The van der Waals surface area contributed by atoms with Crippen LogP contribution in [0, 0.1) is 0 Å².